The molecule has 0 saturated carbocycles. The molecule has 0 bridgehead atoms. The molecule has 2 heterocycles. The van der Waals surface area contributed by atoms with Crippen molar-refractivity contribution in [2.24, 2.45) is 5.73 Å². The fraction of sp³-hybridized carbons (Fsp3) is 0.182. The van der Waals surface area contributed by atoms with E-state index in [2.05, 4.69) is 10.1 Å². The number of nitrogen functional groups attached to an aromatic ring is 1. The van der Waals surface area contributed by atoms with E-state index in [4.69, 9.17) is 11.5 Å². The maximum Gasteiger partial charge on any atom is 0.278 e. The number of hydrogen-bond acceptors (Lipinski definition) is 5. The molecule has 0 aromatic carbocycles. The van der Waals surface area contributed by atoms with Crippen LogP contribution in [0, 0.1) is 6.92 Å². The van der Waals surface area contributed by atoms with Crippen molar-refractivity contribution in [3.8, 4) is 0 Å². The minimum atomic E-state index is -0.240. The van der Waals surface area contributed by atoms with E-state index in [1.807, 2.05) is 0 Å². The zero-order valence-corrected chi connectivity index (χ0v) is 9.42. The lowest BCUT2D eigenvalue weighted by Gasteiger charge is -2.04. The van der Waals surface area contributed by atoms with Crippen LogP contribution in [0.25, 0.3) is 0 Å². The molecule has 2 aromatic heterocycles. The Labute approximate surface area is 98.3 Å². The first kappa shape index (κ1) is 11.3. The predicted octanol–water partition coefficient (Wildman–Crippen LogP) is 0.316. The van der Waals surface area contributed by atoms with E-state index in [9.17, 15) is 4.79 Å². The predicted molar refractivity (Wildman–Crippen MR) is 63.2 cm³/mol. The summed E-state index contributed by atoms with van der Waals surface area (Å²) in [5.41, 5.74) is 13.4. The first-order valence-electron chi connectivity index (χ1n) is 5.13. The lowest BCUT2D eigenvalue weighted by Crippen LogP contribution is -2.16. The van der Waals surface area contributed by atoms with Gasteiger partial charge in [-0.3, -0.25) is 9.78 Å². The average molecular weight is 231 g/mol. The number of aromatic nitrogens is 3. The molecule has 0 spiro atoms. The number of nitrogens with two attached hydrogens (primary N) is 2. The summed E-state index contributed by atoms with van der Waals surface area (Å²) < 4.78 is 1.27. The van der Waals surface area contributed by atoms with Crippen molar-refractivity contribution in [2.75, 3.05) is 5.73 Å². The minimum Gasteiger partial charge on any atom is -0.396 e. The Morgan fingerprint density at radius 2 is 2.29 bits per heavy atom. The van der Waals surface area contributed by atoms with Crippen molar-refractivity contribution in [1.82, 2.24) is 14.8 Å². The van der Waals surface area contributed by atoms with Crippen LogP contribution >= 0.6 is 0 Å². The maximum absolute atomic E-state index is 12.1. The summed E-state index contributed by atoms with van der Waals surface area (Å²) in [6.45, 7) is 2.03. The van der Waals surface area contributed by atoms with Crippen molar-refractivity contribution in [3.05, 3.63) is 41.5 Å². The lowest BCUT2D eigenvalue weighted by molar-refractivity contribution is 0.0942. The molecule has 0 radical (unpaired) electrons. The zero-order valence-electron chi connectivity index (χ0n) is 9.42. The van der Waals surface area contributed by atoms with Gasteiger partial charge < -0.3 is 11.5 Å². The molecule has 0 unspecified atom stereocenters. The average Bonchev–Trinajstić information content (AvgIpc) is 2.69. The SMILES string of the molecule is Cc1c(N)cnn1C(=O)c1ccnc(CN)c1. The third-order valence-electron chi connectivity index (χ3n) is 2.51. The topological polar surface area (TPSA) is 99.8 Å². The van der Waals surface area contributed by atoms with E-state index in [0.29, 0.717) is 29.2 Å². The molecule has 0 aliphatic rings. The van der Waals surface area contributed by atoms with Gasteiger partial charge in [0, 0.05) is 18.3 Å². The molecule has 0 amide bonds. The number of rotatable bonds is 2. The van der Waals surface area contributed by atoms with Crippen LogP contribution in [-0.2, 0) is 6.54 Å². The van der Waals surface area contributed by atoms with Crippen LogP contribution in [0.3, 0.4) is 0 Å². The highest BCUT2D eigenvalue weighted by atomic mass is 16.2. The molecule has 17 heavy (non-hydrogen) atoms. The van der Waals surface area contributed by atoms with Gasteiger partial charge in [0.25, 0.3) is 5.91 Å². The van der Waals surface area contributed by atoms with E-state index < -0.39 is 0 Å². The van der Waals surface area contributed by atoms with Gasteiger partial charge in [-0.2, -0.15) is 9.78 Å². The van der Waals surface area contributed by atoms with Gasteiger partial charge in [0.05, 0.1) is 23.3 Å². The molecule has 0 aliphatic heterocycles. The highest BCUT2D eigenvalue weighted by Gasteiger charge is 2.13. The molecule has 6 heteroatoms. The summed E-state index contributed by atoms with van der Waals surface area (Å²) in [4.78, 5) is 16.2. The second kappa shape index (κ2) is 4.34. The fourth-order valence-corrected chi connectivity index (χ4v) is 1.47. The van der Waals surface area contributed by atoms with Crippen LogP contribution in [0.5, 0.6) is 0 Å². The van der Waals surface area contributed by atoms with Crippen molar-refractivity contribution in [1.29, 1.82) is 0 Å². The van der Waals surface area contributed by atoms with Gasteiger partial charge in [-0.15, -0.1) is 0 Å². The van der Waals surface area contributed by atoms with Gasteiger partial charge in [0.1, 0.15) is 0 Å². The van der Waals surface area contributed by atoms with Gasteiger partial charge in [0.2, 0.25) is 0 Å². The minimum absolute atomic E-state index is 0.240. The fourth-order valence-electron chi connectivity index (χ4n) is 1.47. The van der Waals surface area contributed by atoms with Gasteiger partial charge in [-0.1, -0.05) is 0 Å². The molecule has 2 aromatic rings. The van der Waals surface area contributed by atoms with Crippen molar-refractivity contribution in [2.45, 2.75) is 13.5 Å². The molecule has 0 aliphatic carbocycles. The van der Waals surface area contributed by atoms with Gasteiger partial charge in [-0.25, -0.2) is 0 Å². The number of anilines is 1. The molecule has 0 atom stereocenters. The lowest BCUT2D eigenvalue weighted by atomic mass is 10.2. The largest absolute Gasteiger partial charge is 0.396 e. The van der Waals surface area contributed by atoms with Crippen LogP contribution in [0.4, 0.5) is 5.69 Å². The van der Waals surface area contributed by atoms with Gasteiger partial charge in [-0.05, 0) is 19.1 Å². The molecule has 0 saturated heterocycles. The maximum atomic E-state index is 12.1. The quantitative estimate of drug-likeness (QED) is 0.775. The van der Waals surface area contributed by atoms with E-state index in [1.165, 1.54) is 10.9 Å². The Hall–Kier alpha value is -2.21. The molecule has 4 N–H and O–H groups in total. The van der Waals surface area contributed by atoms with E-state index in [-0.39, 0.29) is 5.91 Å². The Kier molecular flexibility index (Phi) is 2.88. The summed E-state index contributed by atoms with van der Waals surface area (Å²) in [6, 6.07) is 3.28. The third kappa shape index (κ3) is 2.02. The van der Waals surface area contributed by atoms with Crippen LogP contribution in [0.2, 0.25) is 0 Å². The second-order valence-corrected chi connectivity index (χ2v) is 3.64. The third-order valence-corrected chi connectivity index (χ3v) is 2.51. The molecule has 6 nitrogen and oxygen atoms in total. The summed E-state index contributed by atoms with van der Waals surface area (Å²) in [7, 11) is 0. The van der Waals surface area contributed by atoms with Crippen molar-refractivity contribution < 1.29 is 4.79 Å². The number of nitrogens with zero attached hydrogens (tertiary/aromatic N) is 3. The first-order chi connectivity index (χ1) is 8.13. The van der Waals surface area contributed by atoms with Crippen LogP contribution in [-0.4, -0.2) is 20.7 Å². The number of carbonyl (C=O) groups excluding carboxylic acids is 1. The number of hydrogen-bond donors (Lipinski definition) is 2. The van der Waals surface area contributed by atoms with Gasteiger partial charge >= 0.3 is 0 Å². The molecule has 88 valence electrons. The van der Waals surface area contributed by atoms with Crippen molar-refractivity contribution >= 4 is 11.6 Å². The highest BCUT2D eigenvalue weighted by Crippen LogP contribution is 2.11. The Balaban J connectivity index is 2.40. The highest BCUT2D eigenvalue weighted by molar-refractivity contribution is 5.96. The Morgan fingerprint density at radius 3 is 2.88 bits per heavy atom. The van der Waals surface area contributed by atoms with Crippen LogP contribution in [0.15, 0.2) is 24.5 Å². The monoisotopic (exact) mass is 231 g/mol. The Morgan fingerprint density at radius 1 is 1.53 bits per heavy atom. The summed E-state index contributed by atoms with van der Waals surface area (Å²) >= 11 is 0. The normalized spacial score (nSPS) is 10.5. The number of pyridine rings is 1. The molecule has 2 rings (SSSR count). The van der Waals surface area contributed by atoms with Crippen LogP contribution < -0.4 is 11.5 Å². The molecular weight excluding hydrogens is 218 g/mol. The van der Waals surface area contributed by atoms with Gasteiger partial charge in [0.15, 0.2) is 0 Å². The van der Waals surface area contributed by atoms with E-state index in [0.717, 1.165) is 0 Å². The molecule has 0 fully saturated rings. The summed E-state index contributed by atoms with van der Waals surface area (Å²) in [6.07, 6.45) is 3.01. The second-order valence-electron chi connectivity index (χ2n) is 3.64. The van der Waals surface area contributed by atoms with E-state index >= 15 is 0 Å². The zero-order chi connectivity index (χ0) is 12.4. The Bertz CT molecular complexity index is 561. The summed E-state index contributed by atoms with van der Waals surface area (Å²) in [5.74, 6) is -0.240. The number of carbonyl (C=O) groups is 1. The van der Waals surface area contributed by atoms with Crippen molar-refractivity contribution in [3.63, 3.8) is 0 Å². The smallest absolute Gasteiger partial charge is 0.278 e. The van der Waals surface area contributed by atoms with Crippen LogP contribution in [0.1, 0.15) is 21.7 Å². The summed E-state index contributed by atoms with van der Waals surface area (Å²) in [5, 5.41) is 3.94. The standard InChI is InChI=1S/C11H13N5O/c1-7-10(13)6-15-16(7)11(17)8-2-3-14-9(4-8)5-12/h2-4,6H,5,12-13H2,1H3. The molecular formula is C11H13N5O. The first-order valence-corrected chi connectivity index (χ1v) is 5.13. The van der Waals surface area contributed by atoms with E-state index in [1.54, 1.807) is 25.3 Å².